The summed E-state index contributed by atoms with van der Waals surface area (Å²) in [6.45, 7) is 0.454. The Labute approximate surface area is 106 Å². The van der Waals surface area contributed by atoms with Gasteiger partial charge in [0.05, 0.1) is 15.6 Å². The first-order chi connectivity index (χ1) is 7.38. The maximum Gasteiger partial charge on any atom is 0.252 e. The molecule has 5 nitrogen and oxygen atoms in total. The van der Waals surface area contributed by atoms with Gasteiger partial charge in [-0.3, -0.25) is 4.79 Å². The number of sulfonamides is 1. The van der Waals surface area contributed by atoms with Gasteiger partial charge in [0.15, 0.2) is 0 Å². The molecule has 0 spiro atoms. The topological polar surface area (TPSA) is 75.3 Å². The summed E-state index contributed by atoms with van der Waals surface area (Å²) in [6, 6.07) is 1.71. The predicted octanol–water partition coefficient (Wildman–Crippen LogP) is 0.790. The van der Waals surface area contributed by atoms with Crippen LogP contribution in [0.3, 0.4) is 0 Å². The lowest BCUT2D eigenvalue weighted by molar-refractivity contribution is 0.0955. The van der Waals surface area contributed by atoms with E-state index >= 15 is 0 Å². The molecule has 0 unspecified atom stereocenters. The molecule has 16 heavy (non-hydrogen) atoms. The zero-order valence-electron chi connectivity index (χ0n) is 8.49. The van der Waals surface area contributed by atoms with Crippen molar-refractivity contribution >= 4 is 43.2 Å². The molecule has 0 aliphatic carbocycles. The Morgan fingerprint density at radius 1 is 1.50 bits per heavy atom. The maximum absolute atomic E-state index is 11.5. The highest BCUT2D eigenvalue weighted by Gasteiger charge is 2.07. The average molecular weight is 327 g/mol. The second-order valence-electron chi connectivity index (χ2n) is 3.06. The first-order valence-corrected chi connectivity index (χ1v) is 7.92. The van der Waals surface area contributed by atoms with E-state index in [1.54, 1.807) is 11.4 Å². The highest BCUT2D eigenvalue weighted by molar-refractivity contribution is 9.11. The van der Waals surface area contributed by atoms with Crippen molar-refractivity contribution in [3.05, 3.63) is 20.8 Å². The number of thiophene rings is 1. The molecule has 0 atom stereocenters. The summed E-state index contributed by atoms with van der Waals surface area (Å²) in [5, 5.41) is 4.33. The van der Waals surface area contributed by atoms with E-state index in [4.69, 9.17) is 0 Å². The smallest absolute Gasteiger partial charge is 0.252 e. The van der Waals surface area contributed by atoms with E-state index in [1.165, 1.54) is 11.3 Å². The molecular formula is C8H11BrN2O3S2. The molecule has 2 N–H and O–H groups in total. The Morgan fingerprint density at radius 2 is 2.19 bits per heavy atom. The van der Waals surface area contributed by atoms with Crippen LogP contribution in [0.4, 0.5) is 0 Å². The third-order valence-electron chi connectivity index (χ3n) is 1.60. The Kier molecular flexibility index (Phi) is 4.90. The van der Waals surface area contributed by atoms with Gasteiger partial charge in [0, 0.05) is 18.5 Å². The quantitative estimate of drug-likeness (QED) is 0.785. The average Bonchev–Trinajstić information content (AvgIpc) is 2.57. The highest BCUT2D eigenvalue weighted by Crippen LogP contribution is 2.20. The molecule has 0 radical (unpaired) electrons. The van der Waals surface area contributed by atoms with Crippen LogP contribution in [-0.4, -0.2) is 33.7 Å². The molecule has 0 saturated carbocycles. The predicted molar refractivity (Wildman–Crippen MR) is 67.2 cm³/mol. The van der Waals surface area contributed by atoms with Crippen molar-refractivity contribution in [1.29, 1.82) is 0 Å². The van der Waals surface area contributed by atoms with E-state index in [9.17, 15) is 13.2 Å². The largest absolute Gasteiger partial charge is 0.351 e. The van der Waals surface area contributed by atoms with Crippen LogP contribution in [-0.2, 0) is 10.0 Å². The molecule has 1 amide bonds. The minimum atomic E-state index is -3.19. The molecule has 0 aromatic carbocycles. The summed E-state index contributed by atoms with van der Waals surface area (Å²) in [5.41, 5.74) is 0.566. The molecule has 0 bridgehead atoms. The number of hydrogen-bond donors (Lipinski definition) is 2. The van der Waals surface area contributed by atoms with E-state index in [0.717, 1.165) is 10.0 Å². The number of nitrogens with one attached hydrogen (secondary N) is 2. The summed E-state index contributed by atoms with van der Waals surface area (Å²) < 4.78 is 24.6. The zero-order valence-corrected chi connectivity index (χ0v) is 11.7. The van der Waals surface area contributed by atoms with Gasteiger partial charge in [-0.1, -0.05) is 0 Å². The van der Waals surface area contributed by atoms with Crippen molar-refractivity contribution in [2.24, 2.45) is 0 Å². The lowest BCUT2D eigenvalue weighted by atomic mass is 10.3. The molecule has 0 fully saturated rings. The molecule has 90 valence electrons. The fourth-order valence-electron chi connectivity index (χ4n) is 0.944. The third kappa shape index (κ3) is 5.06. The molecular weight excluding hydrogens is 316 g/mol. The first kappa shape index (κ1) is 13.6. The summed E-state index contributed by atoms with van der Waals surface area (Å²) in [6.07, 6.45) is 1.07. The molecule has 8 heteroatoms. The minimum absolute atomic E-state index is 0.190. The van der Waals surface area contributed by atoms with E-state index in [0.29, 0.717) is 5.56 Å². The molecule has 0 aliphatic rings. The van der Waals surface area contributed by atoms with Crippen LogP contribution in [0.1, 0.15) is 10.4 Å². The van der Waals surface area contributed by atoms with Crippen LogP contribution in [0, 0.1) is 0 Å². The number of hydrogen-bond acceptors (Lipinski definition) is 4. The summed E-state index contributed by atoms with van der Waals surface area (Å²) >= 11 is 4.68. The van der Waals surface area contributed by atoms with Gasteiger partial charge >= 0.3 is 0 Å². The first-order valence-electron chi connectivity index (χ1n) is 4.35. The van der Waals surface area contributed by atoms with Gasteiger partial charge in [0.2, 0.25) is 10.0 Å². The molecule has 1 aromatic heterocycles. The van der Waals surface area contributed by atoms with Gasteiger partial charge in [-0.05, 0) is 22.0 Å². The third-order valence-corrected chi connectivity index (χ3v) is 3.84. The molecule has 1 aromatic rings. The number of carbonyl (C=O) groups is 1. The summed E-state index contributed by atoms with van der Waals surface area (Å²) in [5.74, 6) is -0.211. The monoisotopic (exact) mass is 326 g/mol. The van der Waals surface area contributed by atoms with Gasteiger partial charge in [-0.15, -0.1) is 11.3 Å². The van der Waals surface area contributed by atoms with Gasteiger partial charge in [-0.25, -0.2) is 13.1 Å². The molecule has 1 rings (SSSR count). The zero-order chi connectivity index (χ0) is 12.2. The second-order valence-corrected chi connectivity index (χ2v) is 7.19. The van der Waals surface area contributed by atoms with Gasteiger partial charge in [-0.2, -0.15) is 0 Å². The van der Waals surface area contributed by atoms with Crippen molar-refractivity contribution in [2.45, 2.75) is 0 Å². The van der Waals surface area contributed by atoms with Crippen LogP contribution in [0.5, 0.6) is 0 Å². The second kappa shape index (κ2) is 5.76. The maximum atomic E-state index is 11.5. The van der Waals surface area contributed by atoms with Crippen molar-refractivity contribution in [1.82, 2.24) is 10.0 Å². The van der Waals surface area contributed by atoms with Crippen LogP contribution < -0.4 is 10.0 Å². The van der Waals surface area contributed by atoms with Crippen LogP contribution >= 0.6 is 27.3 Å². The summed E-state index contributed by atoms with van der Waals surface area (Å²) in [4.78, 5) is 11.5. The van der Waals surface area contributed by atoms with Crippen molar-refractivity contribution in [3.63, 3.8) is 0 Å². The fourth-order valence-corrected chi connectivity index (χ4v) is 2.55. The summed E-state index contributed by atoms with van der Waals surface area (Å²) in [7, 11) is -3.19. The fraction of sp³-hybridized carbons (Fsp3) is 0.375. The van der Waals surface area contributed by atoms with Crippen molar-refractivity contribution < 1.29 is 13.2 Å². The Bertz CT molecular complexity index is 469. The van der Waals surface area contributed by atoms with E-state index in [-0.39, 0.29) is 19.0 Å². The minimum Gasteiger partial charge on any atom is -0.351 e. The van der Waals surface area contributed by atoms with Gasteiger partial charge < -0.3 is 5.32 Å². The number of amides is 1. The SMILES string of the molecule is CS(=O)(=O)NCCNC(=O)c1csc(Br)c1. The molecule has 1 heterocycles. The van der Waals surface area contributed by atoms with Gasteiger partial charge in [0.1, 0.15) is 0 Å². The van der Waals surface area contributed by atoms with E-state index in [2.05, 4.69) is 26.0 Å². The van der Waals surface area contributed by atoms with E-state index < -0.39 is 10.0 Å². The number of halogens is 1. The van der Waals surface area contributed by atoms with Gasteiger partial charge in [0.25, 0.3) is 5.91 Å². The van der Waals surface area contributed by atoms with Crippen LogP contribution in [0.2, 0.25) is 0 Å². The molecule has 0 aliphatic heterocycles. The van der Waals surface area contributed by atoms with Crippen molar-refractivity contribution in [3.8, 4) is 0 Å². The van der Waals surface area contributed by atoms with Crippen LogP contribution in [0.15, 0.2) is 15.2 Å². The standard InChI is InChI=1S/C8H11BrN2O3S2/c1-16(13,14)11-3-2-10-8(12)6-4-7(9)15-5-6/h4-5,11H,2-3H2,1H3,(H,10,12). The lowest BCUT2D eigenvalue weighted by Crippen LogP contribution is -2.34. The normalized spacial score (nSPS) is 11.4. The Balaban J connectivity index is 2.31. The lowest BCUT2D eigenvalue weighted by Gasteiger charge is -2.03. The number of rotatable bonds is 5. The van der Waals surface area contributed by atoms with E-state index in [1.807, 2.05) is 0 Å². The highest BCUT2D eigenvalue weighted by atomic mass is 79.9. The van der Waals surface area contributed by atoms with Crippen LogP contribution in [0.25, 0.3) is 0 Å². The number of carbonyl (C=O) groups excluding carboxylic acids is 1. The molecule has 0 saturated heterocycles. The van der Waals surface area contributed by atoms with Crippen molar-refractivity contribution in [2.75, 3.05) is 19.3 Å². The Hall–Kier alpha value is -0.440. The Morgan fingerprint density at radius 3 is 2.69 bits per heavy atom.